The number of aliphatic hydroxyl groups is 1. The van der Waals surface area contributed by atoms with Gasteiger partial charge in [0.15, 0.2) is 4.96 Å². The predicted molar refractivity (Wildman–Crippen MR) is 86.5 cm³/mol. The van der Waals surface area contributed by atoms with E-state index in [-0.39, 0.29) is 23.6 Å². The SMILES string of the molecule is CCC(C)C(C)(O)CNC(=O)c1cnc2scc(C)n2c1=O. The molecule has 0 aromatic carbocycles. The summed E-state index contributed by atoms with van der Waals surface area (Å²) in [4.78, 5) is 29.3. The zero-order chi connectivity index (χ0) is 16.5. The highest BCUT2D eigenvalue weighted by Crippen LogP contribution is 2.19. The molecule has 0 aliphatic carbocycles. The monoisotopic (exact) mass is 323 g/mol. The standard InChI is InChI=1S/C15H21N3O3S/c1-5-9(2)15(4,21)8-17-12(19)11-6-16-14-18(13(11)20)10(3)7-22-14/h6-7,9,21H,5,8H2,1-4H3,(H,17,19). The fourth-order valence-electron chi connectivity index (χ4n) is 2.15. The van der Waals surface area contributed by atoms with E-state index < -0.39 is 11.5 Å². The Balaban J connectivity index is 2.22. The largest absolute Gasteiger partial charge is 0.388 e. The van der Waals surface area contributed by atoms with Crippen LogP contribution in [0.4, 0.5) is 0 Å². The minimum absolute atomic E-state index is 0.0149. The minimum Gasteiger partial charge on any atom is -0.388 e. The van der Waals surface area contributed by atoms with Crippen LogP contribution in [0.25, 0.3) is 4.96 Å². The number of fused-ring (bicyclic) bond motifs is 1. The quantitative estimate of drug-likeness (QED) is 0.875. The summed E-state index contributed by atoms with van der Waals surface area (Å²) in [6.07, 6.45) is 2.09. The number of aromatic nitrogens is 2. The zero-order valence-electron chi connectivity index (χ0n) is 13.2. The van der Waals surface area contributed by atoms with Gasteiger partial charge in [0.2, 0.25) is 0 Å². The summed E-state index contributed by atoms with van der Waals surface area (Å²) in [6.45, 7) is 7.46. The fraction of sp³-hybridized carbons (Fsp3) is 0.533. The highest BCUT2D eigenvalue weighted by atomic mass is 32.1. The molecule has 2 aromatic rings. The van der Waals surface area contributed by atoms with Crippen molar-refractivity contribution in [2.75, 3.05) is 6.54 Å². The van der Waals surface area contributed by atoms with E-state index in [2.05, 4.69) is 10.3 Å². The number of rotatable bonds is 5. The van der Waals surface area contributed by atoms with Gasteiger partial charge in [-0.1, -0.05) is 20.3 Å². The number of carbonyl (C=O) groups is 1. The van der Waals surface area contributed by atoms with Gasteiger partial charge in [0, 0.05) is 23.8 Å². The maximum absolute atomic E-state index is 12.4. The van der Waals surface area contributed by atoms with Crippen LogP contribution in [0.3, 0.4) is 0 Å². The van der Waals surface area contributed by atoms with Crippen molar-refractivity contribution in [1.82, 2.24) is 14.7 Å². The fourth-order valence-corrected chi connectivity index (χ4v) is 2.98. The Morgan fingerprint density at radius 3 is 2.91 bits per heavy atom. The molecule has 6 nitrogen and oxygen atoms in total. The lowest BCUT2D eigenvalue weighted by atomic mass is 9.88. The second kappa shape index (κ2) is 6.18. The lowest BCUT2D eigenvalue weighted by molar-refractivity contribution is 0.00590. The lowest BCUT2D eigenvalue weighted by Gasteiger charge is -2.29. The average Bonchev–Trinajstić information content (AvgIpc) is 2.86. The van der Waals surface area contributed by atoms with Crippen LogP contribution in [0.1, 0.15) is 43.2 Å². The Kier molecular flexibility index (Phi) is 4.67. The predicted octanol–water partition coefficient (Wildman–Crippen LogP) is 1.59. The molecule has 0 aliphatic heterocycles. The summed E-state index contributed by atoms with van der Waals surface area (Å²) in [5, 5.41) is 14.8. The average molecular weight is 323 g/mol. The second-order valence-electron chi connectivity index (χ2n) is 5.82. The highest BCUT2D eigenvalue weighted by molar-refractivity contribution is 7.15. The topological polar surface area (TPSA) is 83.7 Å². The molecule has 120 valence electrons. The van der Waals surface area contributed by atoms with E-state index in [1.807, 2.05) is 19.2 Å². The van der Waals surface area contributed by atoms with E-state index in [0.29, 0.717) is 4.96 Å². The van der Waals surface area contributed by atoms with Crippen molar-refractivity contribution >= 4 is 22.2 Å². The summed E-state index contributed by atoms with van der Waals surface area (Å²) in [5.74, 6) is -0.477. The summed E-state index contributed by atoms with van der Waals surface area (Å²) < 4.78 is 1.42. The Morgan fingerprint density at radius 2 is 2.27 bits per heavy atom. The van der Waals surface area contributed by atoms with Crippen molar-refractivity contribution in [3.63, 3.8) is 0 Å². The normalized spacial score (nSPS) is 15.5. The van der Waals surface area contributed by atoms with Gasteiger partial charge in [-0.15, -0.1) is 11.3 Å². The van der Waals surface area contributed by atoms with Crippen molar-refractivity contribution < 1.29 is 9.90 Å². The van der Waals surface area contributed by atoms with Gasteiger partial charge in [0.05, 0.1) is 5.60 Å². The molecule has 0 saturated heterocycles. The Labute approximate surface area is 132 Å². The molecule has 2 atom stereocenters. The molecular formula is C15H21N3O3S. The Morgan fingerprint density at radius 1 is 1.59 bits per heavy atom. The molecule has 2 rings (SSSR count). The molecule has 1 amide bonds. The van der Waals surface area contributed by atoms with Gasteiger partial charge in [-0.2, -0.15) is 0 Å². The Bertz CT molecular complexity index is 748. The molecule has 22 heavy (non-hydrogen) atoms. The molecule has 2 N–H and O–H groups in total. The van der Waals surface area contributed by atoms with Gasteiger partial charge < -0.3 is 10.4 Å². The van der Waals surface area contributed by atoms with Gasteiger partial charge in [0.1, 0.15) is 5.56 Å². The molecule has 0 aliphatic rings. The van der Waals surface area contributed by atoms with Gasteiger partial charge in [-0.25, -0.2) is 4.98 Å². The van der Waals surface area contributed by atoms with Gasteiger partial charge in [-0.05, 0) is 19.8 Å². The molecule has 0 radical (unpaired) electrons. The third-order valence-corrected chi connectivity index (χ3v) is 5.10. The van der Waals surface area contributed by atoms with Crippen molar-refractivity contribution in [3.05, 3.63) is 33.2 Å². The van der Waals surface area contributed by atoms with E-state index in [0.717, 1.165) is 12.1 Å². The van der Waals surface area contributed by atoms with Gasteiger partial charge >= 0.3 is 0 Å². The van der Waals surface area contributed by atoms with Crippen LogP contribution in [0.2, 0.25) is 0 Å². The number of hydrogen-bond donors (Lipinski definition) is 2. The number of carbonyl (C=O) groups excluding carboxylic acids is 1. The summed E-state index contributed by atoms with van der Waals surface area (Å²) in [5.41, 5.74) is -0.668. The van der Waals surface area contributed by atoms with Gasteiger partial charge in [-0.3, -0.25) is 14.0 Å². The number of hydrogen-bond acceptors (Lipinski definition) is 5. The first-order chi connectivity index (χ1) is 10.3. The van der Waals surface area contributed by atoms with E-state index in [1.54, 1.807) is 13.8 Å². The third kappa shape index (κ3) is 3.05. The Hall–Kier alpha value is -1.73. The van der Waals surface area contributed by atoms with Crippen LogP contribution < -0.4 is 10.9 Å². The minimum atomic E-state index is -1.02. The first kappa shape index (κ1) is 16.6. The first-order valence-corrected chi connectivity index (χ1v) is 8.12. The highest BCUT2D eigenvalue weighted by Gasteiger charge is 2.28. The van der Waals surface area contributed by atoms with Crippen LogP contribution >= 0.6 is 11.3 Å². The molecule has 2 aromatic heterocycles. The molecule has 2 heterocycles. The number of thiazole rings is 1. The van der Waals surface area contributed by atoms with E-state index in [9.17, 15) is 14.7 Å². The molecular weight excluding hydrogens is 302 g/mol. The maximum atomic E-state index is 12.4. The summed E-state index contributed by atoms with van der Waals surface area (Å²) in [6, 6.07) is 0. The van der Waals surface area contributed by atoms with Crippen LogP contribution in [0.15, 0.2) is 16.4 Å². The third-order valence-electron chi connectivity index (χ3n) is 4.14. The summed E-state index contributed by atoms with van der Waals surface area (Å²) >= 11 is 1.35. The van der Waals surface area contributed by atoms with Crippen molar-refractivity contribution in [1.29, 1.82) is 0 Å². The second-order valence-corrected chi connectivity index (χ2v) is 6.66. The molecule has 0 fully saturated rings. The summed E-state index contributed by atoms with van der Waals surface area (Å²) in [7, 11) is 0. The van der Waals surface area contributed by atoms with Gasteiger partial charge in [0.25, 0.3) is 11.5 Å². The molecule has 0 saturated carbocycles. The maximum Gasteiger partial charge on any atom is 0.271 e. The van der Waals surface area contributed by atoms with E-state index in [4.69, 9.17) is 0 Å². The molecule has 0 spiro atoms. The van der Waals surface area contributed by atoms with Crippen LogP contribution in [-0.4, -0.2) is 32.5 Å². The van der Waals surface area contributed by atoms with Crippen molar-refractivity contribution in [2.45, 2.75) is 39.7 Å². The molecule has 2 unspecified atom stereocenters. The van der Waals surface area contributed by atoms with Crippen LogP contribution in [0.5, 0.6) is 0 Å². The number of nitrogens with one attached hydrogen (secondary N) is 1. The van der Waals surface area contributed by atoms with E-state index in [1.165, 1.54) is 21.9 Å². The zero-order valence-corrected chi connectivity index (χ0v) is 14.0. The van der Waals surface area contributed by atoms with E-state index >= 15 is 0 Å². The molecule has 7 heteroatoms. The van der Waals surface area contributed by atoms with Crippen molar-refractivity contribution in [3.8, 4) is 0 Å². The van der Waals surface area contributed by atoms with Crippen LogP contribution in [0, 0.1) is 12.8 Å². The lowest BCUT2D eigenvalue weighted by Crippen LogP contribution is -2.46. The number of nitrogens with zero attached hydrogens (tertiary/aromatic N) is 2. The smallest absolute Gasteiger partial charge is 0.271 e. The number of aryl methyl sites for hydroxylation is 1. The van der Waals surface area contributed by atoms with Crippen molar-refractivity contribution in [2.24, 2.45) is 5.92 Å². The van der Waals surface area contributed by atoms with Crippen LogP contribution in [-0.2, 0) is 0 Å². The molecule has 0 bridgehead atoms. The first-order valence-electron chi connectivity index (χ1n) is 7.24. The number of amides is 1.